The highest BCUT2D eigenvalue weighted by Crippen LogP contribution is 2.51. The van der Waals surface area contributed by atoms with Crippen LogP contribution in [0.2, 0.25) is 0 Å². The molecular weight excluding hydrogens is 611 g/mol. The maximum atomic E-state index is 6.55. The summed E-state index contributed by atoms with van der Waals surface area (Å²) in [5.41, 5.74) is 12.3. The number of aromatic nitrogens is 3. The lowest BCUT2D eigenvalue weighted by Crippen LogP contribution is -2.04. The molecule has 0 amide bonds. The molecule has 1 aliphatic rings. The van der Waals surface area contributed by atoms with E-state index < -0.39 is 0 Å². The number of hydrogen-bond donors (Lipinski definition) is 0. The van der Waals surface area contributed by atoms with Gasteiger partial charge in [0, 0.05) is 27.1 Å². The summed E-state index contributed by atoms with van der Waals surface area (Å²) in [6.45, 7) is 0. The first-order valence-electron chi connectivity index (χ1n) is 17.0. The van der Waals surface area contributed by atoms with Crippen LogP contribution in [0.15, 0.2) is 156 Å². The van der Waals surface area contributed by atoms with Gasteiger partial charge in [-0.15, -0.1) is 0 Å². The summed E-state index contributed by atoms with van der Waals surface area (Å²) < 4.78 is 8.90. The lowest BCUT2D eigenvalue weighted by atomic mass is 9.95. The zero-order valence-electron chi connectivity index (χ0n) is 26.7. The number of furan rings is 1. The molecule has 3 heterocycles. The van der Waals surface area contributed by atoms with Crippen LogP contribution >= 0.6 is 0 Å². The molecule has 0 radical (unpaired) electrons. The highest BCUT2D eigenvalue weighted by atomic mass is 16.3. The third kappa shape index (κ3) is 3.34. The first-order chi connectivity index (χ1) is 24.8. The van der Waals surface area contributed by atoms with Crippen molar-refractivity contribution < 1.29 is 4.42 Å². The zero-order valence-corrected chi connectivity index (χ0v) is 26.7. The van der Waals surface area contributed by atoms with Gasteiger partial charge in [0.15, 0.2) is 5.82 Å². The van der Waals surface area contributed by atoms with Crippen LogP contribution in [0.25, 0.3) is 116 Å². The van der Waals surface area contributed by atoms with Crippen molar-refractivity contribution in [1.82, 2.24) is 14.5 Å². The smallest absolute Gasteiger partial charge is 0.165 e. The number of benzene rings is 8. The van der Waals surface area contributed by atoms with Gasteiger partial charge in [-0.2, -0.15) is 0 Å². The van der Waals surface area contributed by atoms with Crippen molar-refractivity contribution in [2.75, 3.05) is 0 Å². The van der Waals surface area contributed by atoms with Crippen molar-refractivity contribution in [3.05, 3.63) is 152 Å². The van der Waals surface area contributed by atoms with Crippen LogP contribution in [-0.4, -0.2) is 14.5 Å². The predicted octanol–water partition coefficient (Wildman–Crippen LogP) is 12.2. The van der Waals surface area contributed by atoms with Crippen molar-refractivity contribution >= 4 is 76.3 Å². The van der Waals surface area contributed by atoms with E-state index in [4.69, 9.17) is 14.4 Å². The van der Waals surface area contributed by atoms with Crippen molar-refractivity contribution in [3.8, 4) is 39.3 Å². The van der Waals surface area contributed by atoms with Crippen molar-refractivity contribution in [2.24, 2.45) is 0 Å². The monoisotopic (exact) mass is 635 g/mol. The van der Waals surface area contributed by atoms with Crippen LogP contribution in [0.1, 0.15) is 0 Å². The van der Waals surface area contributed by atoms with E-state index in [9.17, 15) is 0 Å². The Hall–Kier alpha value is -6.78. The van der Waals surface area contributed by atoms with E-state index in [1.807, 2.05) is 0 Å². The van der Waals surface area contributed by atoms with E-state index in [0.717, 1.165) is 77.6 Å². The lowest BCUT2D eigenvalue weighted by molar-refractivity contribution is 0.669. The average molecular weight is 636 g/mol. The molecule has 4 heteroatoms. The van der Waals surface area contributed by atoms with E-state index in [2.05, 4.69) is 156 Å². The molecule has 230 valence electrons. The Balaban J connectivity index is 1.30. The Morgan fingerprint density at radius 2 is 1.00 bits per heavy atom. The molecule has 1 aliphatic carbocycles. The highest BCUT2D eigenvalue weighted by Gasteiger charge is 2.28. The Labute approximate surface area is 285 Å². The van der Waals surface area contributed by atoms with E-state index in [0.29, 0.717) is 0 Å². The van der Waals surface area contributed by atoms with Crippen LogP contribution in [0, 0.1) is 0 Å². The van der Waals surface area contributed by atoms with Gasteiger partial charge < -0.3 is 4.42 Å². The number of nitrogens with zero attached hydrogens (tertiary/aromatic N) is 3. The fraction of sp³-hybridized carbons (Fsp3) is 0. The molecular formula is C46H25N3O. The Morgan fingerprint density at radius 1 is 0.400 bits per heavy atom. The SMILES string of the molecule is c1ccc(-c2ccccc2-c2nc3cc4ccccc4cc3nc2-n2c3ccc4cccc5c4c3c3c4c(ccc32)oc2cccc-5c24)cc1. The number of rotatable bonds is 3. The van der Waals surface area contributed by atoms with Gasteiger partial charge in [-0.25, -0.2) is 9.97 Å². The summed E-state index contributed by atoms with van der Waals surface area (Å²) in [5.74, 6) is 0.806. The van der Waals surface area contributed by atoms with Gasteiger partial charge in [-0.1, -0.05) is 115 Å². The number of hydrogen-bond acceptors (Lipinski definition) is 3. The molecule has 3 aromatic heterocycles. The Bertz CT molecular complexity index is 3260. The minimum atomic E-state index is 0.806. The Morgan fingerprint density at radius 3 is 1.82 bits per heavy atom. The maximum absolute atomic E-state index is 6.55. The normalized spacial score (nSPS) is 12.4. The van der Waals surface area contributed by atoms with Crippen LogP contribution in [-0.2, 0) is 0 Å². The van der Waals surface area contributed by atoms with E-state index >= 15 is 0 Å². The predicted molar refractivity (Wildman–Crippen MR) is 206 cm³/mol. The van der Waals surface area contributed by atoms with Crippen LogP contribution < -0.4 is 0 Å². The fourth-order valence-corrected chi connectivity index (χ4v) is 8.58. The maximum Gasteiger partial charge on any atom is 0.165 e. The quantitative estimate of drug-likeness (QED) is 0.181. The summed E-state index contributed by atoms with van der Waals surface area (Å²) in [4.78, 5) is 11.1. The average Bonchev–Trinajstić information content (AvgIpc) is 3.68. The summed E-state index contributed by atoms with van der Waals surface area (Å²) >= 11 is 0. The first-order valence-corrected chi connectivity index (χ1v) is 17.0. The topological polar surface area (TPSA) is 43.9 Å². The highest BCUT2D eigenvalue weighted by molar-refractivity contribution is 6.38. The molecule has 0 saturated heterocycles. The molecule has 0 N–H and O–H groups in total. The first kappa shape index (κ1) is 26.2. The van der Waals surface area contributed by atoms with Gasteiger partial charge in [-0.05, 0) is 80.2 Å². The molecule has 0 bridgehead atoms. The van der Waals surface area contributed by atoms with E-state index in [1.54, 1.807) is 0 Å². The molecule has 4 nitrogen and oxygen atoms in total. The second-order valence-electron chi connectivity index (χ2n) is 13.3. The van der Waals surface area contributed by atoms with Crippen molar-refractivity contribution in [1.29, 1.82) is 0 Å². The van der Waals surface area contributed by atoms with Gasteiger partial charge in [0.1, 0.15) is 16.9 Å². The van der Waals surface area contributed by atoms with Gasteiger partial charge >= 0.3 is 0 Å². The minimum Gasteiger partial charge on any atom is -0.456 e. The molecule has 0 saturated carbocycles. The minimum absolute atomic E-state index is 0.806. The largest absolute Gasteiger partial charge is 0.456 e. The summed E-state index contributed by atoms with van der Waals surface area (Å²) in [5, 5.41) is 9.51. The van der Waals surface area contributed by atoms with Gasteiger partial charge in [0.2, 0.25) is 0 Å². The molecule has 50 heavy (non-hydrogen) atoms. The van der Waals surface area contributed by atoms with Crippen LogP contribution in [0.3, 0.4) is 0 Å². The zero-order chi connectivity index (χ0) is 32.5. The standard InChI is InChI=1S/C46H25N3O/c1-2-10-26(11-3-1)30-15-6-7-16-33(30)45-46(48-35-25-29-13-5-4-12-28(29)24-34(35)47-45)49-36-21-20-27-14-8-17-31-32-18-9-19-38-41(32)44-39(50-38)23-22-37(49)43(44)42(36)40(27)31/h1-25H. The molecule has 8 aromatic carbocycles. The van der Waals surface area contributed by atoms with Gasteiger partial charge in [0.05, 0.1) is 22.1 Å². The van der Waals surface area contributed by atoms with Crippen LogP contribution in [0.5, 0.6) is 0 Å². The van der Waals surface area contributed by atoms with E-state index in [-0.39, 0.29) is 0 Å². The fourth-order valence-electron chi connectivity index (χ4n) is 8.58. The molecule has 11 aromatic rings. The molecule has 12 rings (SSSR count). The summed E-state index contributed by atoms with van der Waals surface area (Å²) in [6.07, 6.45) is 0. The molecule has 0 spiro atoms. The Kier molecular flexibility index (Phi) is 4.94. The molecule has 0 unspecified atom stereocenters. The van der Waals surface area contributed by atoms with Crippen LogP contribution in [0.4, 0.5) is 0 Å². The lowest BCUT2D eigenvalue weighted by Gasteiger charge is -2.17. The molecule has 0 atom stereocenters. The second-order valence-corrected chi connectivity index (χ2v) is 13.3. The third-order valence-electron chi connectivity index (χ3n) is 10.7. The summed E-state index contributed by atoms with van der Waals surface area (Å²) in [6, 6.07) is 53.9. The summed E-state index contributed by atoms with van der Waals surface area (Å²) in [7, 11) is 0. The third-order valence-corrected chi connectivity index (χ3v) is 10.7. The van der Waals surface area contributed by atoms with Gasteiger partial charge in [-0.3, -0.25) is 4.57 Å². The van der Waals surface area contributed by atoms with E-state index in [1.165, 1.54) is 38.1 Å². The van der Waals surface area contributed by atoms with Crippen molar-refractivity contribution in [2.45, 2.75) is 0 Å². The molecule has 0 fully saturated rings. The molecule has 0 aliphatic heterocycles. The van der Waals surface area contributed by atoms with Crippen molar-refractivity contribution in [3.63, 3.8) is 0 Å². The van der Waals surface area contributed by atoms with Gasteiger partial charge in [0.25, 0.3) is 0 Å². The number of fused-ring (bicyclic) bond motifs is 3. The second kappa shape index (κ2) is 9.43.